The molecule has 3 nitrogen and oxygen atoms in total. The van der Waals surface area contributed by atoms with Crippen LogP contribution in [0.15, 0.2) is 0 Å². The summed E-state index contributed by atoms with van der Waals surface area (Å²) < 4.78 is 3.86. The molecule has 0 heterocycles. The van der Waals surface area contributed by atoms with Gasteiger partial charge in [0.2, 0.25) is 0 Å². The lowest BCUT2D eigenvalue weighted by atomic mass is 9.42. The van der Waals surface area contributed by atoms with E-state index >= 15 is 0 Å². The molecule has 0 aromatic rings. The Balaban J connectivity index is 0.000000589. The van der Waals surface area contributed by atoms with Crippen molar-refractivity contribution in [3.8, 4) is 0 Å². The third-order valence-electron chi connectivity index (χ3n) is 10.4. The van der Waals surface area contributed by atoms with Crippen LogP contribution in [0.1, 0.15) is 105 Å². The summed E-state index contributed by atoms with van der Waals surface area (Å²) in [6.45, 7) is 10.4. The molecule has 8 atom stereocenters. The summed E-state index contributed by atoms with van der Waals surface area (Å²) in [7, 11) is 1.31. The van der Waals surface area contributed by atoms with E-state index in [9.17, 15) is 4.79 Å². The molecule has 4 fully saturated rings. The van der Waals surface area contributed by atoms with Gasteiger partial charge in [0.05, 0.1) is 7.11 Å². The topological polar surface area (TPSA) is 43.4 Å². The van der Waals surface area contributed by atoms with Crippen LogP contribution in [0, 0.1) is 46.3 Å². The molecular weight excluding hydrogens is 372 g/mol. The van der Waals surface area contributed by atoms with Gasteiger partial charge in [0.1, 0.15) is 5.78 Å². The Morgan fingerprint density at radius 1 is 1.03 bits per heavy atom. The van der Waals surface area contributed by atoms with E-state index in [4.69, 9.17) is 4.79 Å². The molecule has 4 aliphatic rings. The zero-order chi connectivity index (χ0) is 21.9. The minimum Gasteiger partial charge on any atom is -0.471 e. The van der Waals surface area contributed by atoms with Crippen molar-refractivity contribution in [2.24, 2.45) is 46.3 Å². The van der Waals surface area contributed by atoms with Crippen molar-refractivity contribution < 1.29 is 14.3 Å². The average molecular weight is 419 g/mol. The minimum absolute atomic E-state index is 0.375. The Kier molecular flexibility index (Phi) is 7.72. The highest BCUT2D eigenvalue weighted by molar-refractivity contribution is 5.79. The van der Waals surface area contributed by atoms with Gasteiger partial charge in [-0.2, -0.15) is 0 Å². The van der Waals surface area contributed by atoms with Crippen LogP contribution >= 0.6 is 0 Å². The average Bonchev–Trinajstić information content (AvgIpc) is 3.09. The molecule has 4 saturated carbocycles. The molecule has 4 aliphatic carbocycles. The maximum absolute atomic E-state index is 12.3. The highest BCUT2D eigenvalue weighted by Gasteiger charge is 2.61. The number of carbonyl (C=O) groups is 2. The minimum atomic E-state index is 0.375. The normalized spacial score (nSPS) is 44.8. The quantitative estimate of drug-likeness (QED) is 0.460. The van der Waals surface area contributed by atoms with Gasteiger partial charge in [-0.05, 0) is 91.3 Å². The van der Waals surface area contributed by atoms with E-state index in [1.807, 2.05) is 0 Å². The summed E-state index contributed by atoms with van der Waals surface area (Å²) in [5.74, 6) is 5.90. The second-order valence-electron chi connectivity index (χ2n) is 11.4. The fraction of sp³-hybridized carbons (Fsp3) is 0.926. The van der Waals surface area contributed by atoms with Gasteiger partial charge in [-0.15, -0.1) is 0 Å². The maximum Gasteiger partial charge on any atom is 0.292 e. The lowest BCUT2D eigenvalue weighted by Gasteiger charge is -2.62. The standard InChI is InChI=1S/C25H42O.C2H4O2/c1-5-7-8-18-9-10-21-20-15-17(6-2)23-16-19(26)11-13-25(23,4)22(20)12-14-24(18,21)3;1-4-2-3/h17-18,20-23H,5-16H2,1-4H3;2H,1H3/t17-,18?,20?,21?,22-,23?,24?,25?;/m0./s1. The van der Waals surface area contributed by atoms with E-state index in [1.165, 1.54) is 71.3 Å². The molecular formula is C27H46O3. The Morgan fingerprint density at radius 2 is 1.73 bits per heavy atom. The summed E-state index contributed by atoms with van der Waals surface area (Å²) >= 11 is 0. The van der Waals surface area contributed by atoms with Crippen molar-refractivity contribution in [1.82, 2.24) is 0 Å². The molecule has 4 rings (SSSR count). The summed E-state index contributed by atoms with van der Waals surface area (Å²) in [5.41, 5.74) is 1.09. The molecule has 6 unspecified atom stereocenters. The number of methoxy groups -OCH3 is 1. The molecule has 0 bridgehead atoms. The van der Waals surface area contributed by atoms with Gasteiger partial charge in [0.15, 0.2) is 0 Å². The van der Waals surface area contributed by atoms with E-state index in [2.05, 4.69) is 32.4 Å². The summed E-state index contributed by atoms with van der Waals surface area (Å²) in [5, 5.41) is 0. The zero-order valence-corrected chi connectivity index (χ0v) is 20.3. The van der Waals surface area contributed by atoms with Crippen molar-refractivity contribution in [2.45, 2.75) is 105 Å². The molecule has 0 aromatic carbocycles. The van der Waals surface area contributed by atoms with Crippen LogP contribution in [0.2, 0.25) is 0 Å². The molecule has 3 heteroatoms. The van der Waals surface area contributed by atoms with Crippen LogP contribution in [-0.4, -0.2) is 19.4 Å². The van der Waals surface area contributed by atoms with E-state index in [0.717, 1.165) is 42.4 Å². The van der Waals surface area contributed by atoms with Gasteiger partial charge in [-0.25, -0.2) is 0 Å². The lowest BCUT2D eigenvalue weighted by molar-refractivity contribution is -0.151. The monoisotopic (exact) mass is 418 g/mol. The van der Waals surface area contributed by atoms with Crippen LogP contribution < -0.4 is 0 Å². The number of ether oxygens (including phenoxy) is 1. The van der Waals surface area contributed by atoms with Crippen LogP contribution in [-0.2, 0) is 14.3 Å². The number of carbonyl (C=O) groups excluding carboxylic acids is 2. The van der Waals surface area contributed by atoms with Gasteiger partial charge in [0.25, 0.3) is 6.47 Å². The van der Waals surface area contributed by atoms with Crippen molar-refractivity contribution in [2.75, 3.05) is 7.11 Å². The van der Waals surface area contributed by atoms with Crippen LogP contribution in [0.3, 0.4) is 0 Å². The van der Waals surface area contributed by atoms with E-state index in [0.29, 0.717) is 29.0 Å². The Bertz CT molecular complexity index is 601. The molecule has 0 spiro atoms. The predicted molar refractivity (Wildman–Crippen MR) is 122 cm³/mol. The summed E-state index contributed by atoms with van der Waals surface area (Å²) in [6.07, 6.45) is 15.9. The van der Waals surface area contributed by atoms with Crippen molar-refractivity contribution in [3.63, 3.8) is 0 Å². The number of Topliss-reactive ketones (excluding diaryl/α,β-unsaturated/α-hetero) is 1. The Hall–Kier alpha value is -0.860. The van der Waals surface area contributed by atoms with Crippen molar-refractivity contribution in [3.05, 3.63) is 0 Å². The first-order chi connectivity index (χ1) is 14.4. The molecule has 0 radical (unpaired) electrons. The second kappa shape index (κ2) is 9.74. The Morgan fingerprint density at radius 3 is 2.37 bits per heavy atom. The number of ketones is 1. The third-order valence-corrected chi connectivity index (χ3v) is 10.4. The molecule has 0 aromatic heterocycles. The fourth-order valence-electron chi connectivity index (χ4n) is 8.77. The third kappa shape index (κ3) is 4.11. The van der Waals surface area contributed by atoms with Gasteiger partial charge in [-0.3, -0.25) is 9.59 Å². The van der Waals surface area contributed by atoms with Crippen LogP contribution in [0.5, 0.6) is 0 Å². The molecule has 0 amide bonds. The summed E-state index contributed by atoms with van der Waals surface area (Å²) in [6, 6.07) is 0. The lowest BCUT2D eigenvalue weighted by Crippen LogP contribution is -2.56. The van der Waals surface area contributed by atoms with Gasteiger partial charge >= 0.3 is 0 Å². The van der Waals surface area contributed by atoms with Gasteiger partial charge < -0.3 is 4.74 Å². The van der Waals surface area contributed by atoms with E-state index in [-0.39, 0.29) is 0 Å². The number of fused-ring (bicyclic) bond motifs is 5. The zero-order valence-electron chi connectivity index (χ0n) is 20.3. The van der Waals surface area contributed by atoms with Crippen LogP contribution in [0.25, 0.3) is 0 Å². The molecule has 30 heavy (non-hydrogen) atoms. The largest absolute Gasteiger partial charge is 0.471 e. The maximum atomic E-state index is 12.3. The predicted octanol–water partition coefficient (Wildman–Crippen LogP) is 6.83. The van der Waals surface area contributed by atoms with E-state index < -0.39 is 0 Å². The molecule has 0 aliphatic heterocycles. The van der Waals surface area contributed by atoms with E-state index in [1.54, 1.807) is 0 Å². The number of rotatable bonds is 5. The molecule has 0 N–H and O–H groups in total. The first-order valence-electron chi connectivity index (χ1n) is 12.8. The number of unbranched alkanes of at least 4 members (excludes halogenated alkanes) is 1. The first kappa shape index (κ1) is 23.8. The Labute approximate surface area is 185 Å². The van der Waals surface area contributed by atoms with Crippen molar-refractivity contribution in [1.29, 1.82) is 0 Å². The van der Waals surface area contributed by atoms with Gasteiger partial charge in [-0.1, -0.05) is 47.0 Å². The van der Waals surface area contributed by atoms with Crippen LogP contribution in [0.4, 0.5) is 0 Å². The smallest absolute Gasteiger partial charge is 0.292 e. The second-order valence-corrected chi connectivity index (χ2v) is 11.4. The fourth-order valence-corrected chi connectivity index (χ4v) is 8.77. The van der Waals surface area contributed by atoms with Crippen molar-refractivity contribution >= 4 is 12.3 Å². The highest BCUT2D eigenvalue weighted by Crippen LogP contribution is 2.68. The number of hydrogen-bond donors (Lipinski definition) is 0. The summed E-state index contributed by atoms with van der Waals surface area (Å²) in [4.78, 5) is 21.2. The SMILES string of the molecule is CCCCC1CCC2C3C[C@H](CC)C4CC(=O)CCC4(C)[C@H]3CCC12C.COC=O. The molecule has 172 valence electrons. The first-order valence-corrected chi connectivity index (χ1v) is 12.8. The number of hydrogen-bond acceptors (Lipinski definition) is 3. The van der Waals surface area contributed by atoms with Gasteiger partial charge in [0, 0.05) is 12.8 Å². The highest BCUT2D eigenvalue weighted by atomic mass is 16.5. The molecule has 0 saturated heterocycles.